The molecule has 40 heavy (non-hydrogen) atoms. The van der Waals surface area contributed by atoms with E-state index in [-0.39, 0.29) is 29.8 Å². The van der Waals surface area contributed by atoms with Crippen molar-refractivity contribution in [1.82, 2.24) is 5.32 Å². The molecule has 0 saturated carbocycles. The van der Waals surface area contributed by atoms with Gasteiger partial charge in [-0.15, -0.1) is 0 Å². The second-order valence-electron chi connectivity index (χ2n) is 8.71. The van der Waals surface area contributed by atoms with Crippen LogP contribution in [0.4, 0.5) is 41.2 Å². The van der Waals surface area contributed by atoms with E-state index >= 15 is 0 Å². The molecule has 7 nitrogen and oxygen atoms in total. The molecular weight excluding hydrogens is 569 g/mol. The second kappa shape index (κ2) is 12.7. The Balaban J connectivity index is 2.71. The Morgan fingerprint density at radius 2 is 1.70 bits per heavy atom. The molecule has 1 amide bonds. The van der Waals surface area contributed by atoms with E-state index in [0.29, 0.717) is 12.3 Å². The highest BCUT2D eigenvalue weighted by molar-refractivity contribution is 7.92. The van der Waals surface area contributed by atoms with Crippen LogP contribution in [0.15, 0.2) is 42.6 Å². The topological polar surface area (TPSA) is 106 Å². The standard InChI is InChI=1S/C25H27F7N4O3S/c1-4-40(34,38)10-9-35-14-16(13-33)20-11-17(24(27,28)29)12-21(25(30,31)32)22(20)39-23(37)36(15(2)3)19-7-5-18(26)6-8-19/h5-8,11-15,33-35H,4,9-10H2,1-3H3/b16-14+,33-13?. The highest BCUT2D eigenvalue weighted by Gasteiger charge is 2.42. The molecule has 0 aliphatic carbocycles. The number of nitrogens with zero attached hydrogens (tertiary/aromatic N) is 1. The van der Waals surface area contributed by atoms with Crippen LogP contribution in [0.3, 0.4) is 0 Å². The lowest BCUT2D eigenvalue weighted by Crippen LogP contribution is -2.39. The summed E-state index contributed by atoms with van der Waals surface area (Å²) in [6.07, 6.45) is -10.7. The van der Waals surface area contributed by atoms with Crippen LogP contribution in [0, 0.1) is 16.0 Å². The fourth-order valence-electron chi connectivity index (χ4n) is 3.43. The zero-order valence-corrected chi connectivity index (χ0v) is 22.4. The van der Waals surface area contributed by atoms with Crippen molar-refractivity contribution in [2.24, 2.45) is 0 Å². The van der Waals surface area contributed by atoms with E-state index in [0.717, 1.165) is 23.2 Å². The van der Waals surface area contributed by atoms with Crippen molar-refractivity contribution in [2.75, 3.05) is 23.0 Å². The maximum atomic E-state index is 14.1. The molecule has 1 atom stereocenters. The van der Waals surface area contributed by atoms with E-state index in [1.807, 2.05) is 0 Å². The summed E-state index contributed by atoms with van der Waals surface area (Å²) < 4.78 is 121. The smallest absolute Gasteiger partial charge is 0.409 e. The molecule has 2 aromatic rings. The van der Waals surface area contributed by atoms with Gasteiger partial charge in [-0.25, -0.2) is 13.4 Å². The predicted molar refractivity (Wildman–Crippen MR) is 138 cm³/mol. The van der Waals surface area contributed by atoms with E-state index < -0.39 is 68.0 Å². The van der Waals surface area contributed by atoms with Gasteiger partial charge in [-0.2, -0.15) is 26.3 Å². The number of carbonyl (C=O) groups is 1. The van der Waals surface area contributed by atoms with Gasteiger partial charge in [0.05, 0.1) is 11.1 Å². The highest BCUT2D eigenvalue weighted by atomic mass is 32.2. The summed E-state index contributed by atoms with van der Waals surface area (Å²) in [5, 5.41) is 10.2. The Hall–Kier alpha value is -3.62. The van der Waals surface area contributed by atoms with Gasteiger partial charge in [0.15, 0.2) is 5.75 Å². The lowest BCUT2D eigenvalue weighted by molar-refractivity contribution is -0.143. The summed E-state index contributed by atoms with van der Waals surface area (Å²) in [4.78, 5) is 14.0. The minimum Gasteiger partial charge on any atom is -0.409 e. The summed E-state index contributed by atoms with van der Waals surface area (Å²) in [6, 6.07) is 3.71. The molecule has 0 radical (unpaired) electrons. The Bertz CT molecular complexity index is 1350. The molecule has 0 heterocycles. The van der Waals surface area contributed by atoms with Gasteiger partial charge in [0.2, 0.25) is 0 Å². The molecule has 0 aliphatic rings. The maximum Gasteiger partial charge on any atom is 0.420 e. The second-order valence-corrected chi connectivity index (χ2v) is 11.3. The Morgan fingerprint density at radius 3 is 2.17 bits per heavy atom. The molecule has 0 saturated heterocycles. The number of ether oxygens (including phenoxy) is 1. The number of amides is 1. The van der Waals surface area contributed by atoms with Crippen molar-refractivity contribution in [2.45, 2.75) is 39.2 Å². The fourth-order valence-corrected chi connectivity index (χ4v) is 4.16. The molecule has 3 N–H and O–H groups in total. The summed E-state index contributed by atoms with van der Waals surface area (Å²) in [7, 11) is -2.96. The van der Waals surface area contributed by atoms with Gasteiger partial charge in [0, 0.05) is 63.1 Å². The van der Waals surface area contributed by atoms with Crippen LogP contribution >= 0.6 is 0 Å². The number of allylic oxidation sites excluding steroid dienone is 1. The van der Waals surface area contributed by atoms with Gasteiger partial charge >= 0.3 is 18.4 Å². The maximum absolute atomic E-state index is 14.1. The molecule has 0 aliphatic heterocycles. The first-order valence-electron chi connectivity index (χ1n) is 11.7. The van der Waals surface area contributed by atoms with Gasteiger partial charge in [0.1, 0.15) is 5.82 Å². The molecule has 2 aromatic carbocycles. The van der Waals surface area contributed by atoms with Crippen LogP contribution in [0.25, 0.3) is 5.57 Å². The van der Waals surface area contributed by atoms with Crippen LogP contribution in [-0.2, 0) is 22.1 Å². The molecule has 2 rings (SSSR count). The SMILES string of the molecule is CCS(=N)(=O)CCN/C=C(\C=N)c1cc(C(F)(F)F)cc(C(F)(F)F)c1OC(=O)N(c1ccc(F)cc1)C(C)C. The van der Waals surface area contributed by atoms with Crippen molar-refractivity contribution in [3.05, 3.63) is 65.1 Å². The Kier molecular flexibility index (Phi) is 10.3. The third-order valence-electron chi connectivity index (χ3n) is 5.50. The van der Waals surface area contributed by atoms with Crippen molar-refractivity contribution in [3.8, 4) is 5.75 Å². The first-order valence-corrected chi connectivity index (χ1v) is 13.6. The number of hydrogen-bond donors (Lipinski definition) is 3. The molecule has 1 unspecified atom stereocenters. The number of hydrogen-bond acceptors (Lipinski definition) is 6. The summed E-state index contributed by atoms with van der Waals surface area (Å²) in [6.45, 7) is 4.34. The normalized spacial score (nSPS) is 14.0. The highest BCUT2D eigenvalue weighted by Crippen LogP contribution is 2.44. The van der Waals surface area contributed by atoms with Gasteiger partial charge in [0.25, 0.3) is 0 Å². The third-order valence-corrected chi connectivity index (χ3v) is 7.29. The molecule has 0 fully saturated rings. The van der Waals surface area contributed by atoms with Crippen LogP contribution in [0.1, 0.15) is 37.5 Å². The van der Waals surface area contributed by atoms with Crippen molar-refractivity contribution in [1.29, 1.82) is 10.2 Å². The molecular formula is C25H27F7N4O3S. The number of alkyl halides is 6. The number of nitrogens with one attached hydrogen (secondary N) is 3. The van der Waals surface area contributed by atoms with Gasteiger partial charge in [-0.3, -0.25) is 9.68 Å². The molecule has 0 aromatic heterocycles. The average Bonchev–Trinajstić information content (AvgIpc) is 2.84. The minimum absolute atomic E-state index is 0.0267. The lowest BCUT2D eigenvalue weighted by atomic mass is 9.98. The fraction of sp³-hybridized carbons (Fsp3) is 0.360. The zero-order chi connectivity index (χ0) is 30.5. The summed E-state index contributed by atoms with van der Waals surface area (Å²) >= 11 is 0. The number of rotatable bonds is 10. The van der Waals surface area contributed by atoms with Crippen LogP contribution in [0.5, 0.6) is 5.75 Å². The van der Waals surface area contributed by atoms with Crippen LogP contribution < -0.4 is 15.0 Å². The van der Waals surface area contributed by atoms with E-state index in [2.05, 4.69) is 5.32 Å². The van der Waals surface area contributed by atoms with Gasteiger partial charge in [-0.1, -0.05) is 6.92 Å². The monoisotopic (exact) mass is 596 g/mol. The van der Waals surface area contributed by atoms with E-state index in [1.54, 1.807) is 0 Å². The number of carbonyl (C=O) groups excluding carboxylic acids is 1. The van der Waals surface area contributed by atoms with Crippen molar-refractivity contribution < 1.29 is 44.5 Å². The van der Waals surface area contributed by atoms with Crippen molar-refractivity contribution >= 4 is 33.3 Å². The van der Waals surface area contributed by atoms with Gasteiger partial charge in [-0.05, 0) is 50.2 Å². The van der Waals surface area contributed by atoms with Crippen LogP contribution in [0.2, 0.25) is 0 Å². The molecule has 15 heteroatoms. The van der Waals surface area contributed by atoms with E-state index in [4.69, 9.17) is 14.9 Å². The minimum atomic E-state index is -5.41. The lowest BCUT2D eigenvalue weighted by Gasteiger charge is -2.27. The Morgan fingerprint density at radius 1 is 1.10 bits per heavy atom. The number of anilines is 1. The first kappa shape index (κ1) is 32.6. The predicted octanol–water partition coefficient (Wildman–Crippen LogP) is 6.92. The number of halogens is 7. The van der Waals surface area contributed by atoms with E-state index in [1.165, 1.54) is 32.9 Å². The zero-order valence-electron chi connectivity index (χ0n) is 21.5. The summed E-state index contributed by atoms with van der Waals surface area (Å²) in [5.74, 6) is -2.09. The van der Waals surface area contributed by atoms with Crippen molar-refractivity contribution in [3.63, 3.8) is 0 Å². The third kappa shape index (κ3) is 8.44. The van der Waals surface area contributed by atoms with Gasteiger partial charge < -0.3 is 15.5 Å². The van der Waals surface area contributed by atoms with E-state index in [9.17, 15) is 39.7 Å². The quantitative estimate of drug-likeness (QED) is 0.157. The molecule has 0 spiro atoms. The number of benzene rings is 2. The largest absolute Gasteiger partial charge is 0.420 e. The Labute approximate surface area is 226 Å². The average molecular weight is 597 g/mol. The molecule has 220 valence electrons. The first-order chi connectivity index (χ1) is 18.4. The molecule has 0 bridgehead atoms. The summed E-state index contributed by atoms with van der Waals surface area (Å²) in [5.41, 5.74) is -4.97. The van der Waals surface area contributed by atoms with Crippen LogP contribution in [-0.4, -0.2) is 40.6 Å².